The first kappa shape index (κ1) is 26.5. The van der Waals surface area contributed by atoms with Crippen molar-refractivity contribution in [3.8, 4) is 5.75 Å². The van der Waals surface area contributed by atoms with Gasteiger partial charge in [0.1, 0.15) is 11.5 Å². The summed E-state index contributed by atoms with van der Waals surface area (Å²) in [6.45, 7) is 11.9. The first-order valence-corrected chi connectivity index (χ1v) is 12.3. The molecule has 0 saturated carbocycles. The van der Waals surface area contributed by atoms with Gasteiger partial charge in [-0.25, -0.2) is 0 Å². The number of rotatable bonds is 9. The molecule has 0 spiro atoms. The zero-order chi connectivity index (χ0) is 25.9. The van der Waals surface area contributed by atoms with E-state index in [4.69, 9.17) is 4.74 Å². The third-order valence-corrected chi connectivity index (χ3v) is 6.27. The second kappa shape index (κ2) is 11.1. The molecule has 1 atom stereocenters. The molecule has 0 radical (unpaired) electrons. The number of Topliss-reactive ketones (excluding diaryl/α,β-unsaturated/α-hetero) is 1. The number of carbonyl (C=O) groups is 2. The van der Waals surface area contributed by atoms with Crippen molar-refractivity contribution in [1.29, 1.82) is 0 Å². The van der Waals surface area contributed by atoms with Crippen molar-refractivity contribution in [2.24, 2.45) is 5.92 Å². The lowest BCUT2D eigenvalue weighted by Crippen LogP contribution is -2.35. The van der Waals surface area contributed by atoms with Gasteiger partial charge in [0.25, 0.3) is 11.7 Å². The minimum atomic E-state index is -0.656. The quantitative estimate of drug-likeness (QED) is 0.307. The van der Waals surface area contributed by atoms with Gasteiger partial charge in [0.15, 0.2) is 0 Å². The number of aliphatic hydroxyl groups excluding tert-OH is 1. The Hall–Kier alpha value is -3.12. The molecule has 1 amide bonds. The van der Waals surface area contributed by atoms with E-state index in [2.05, 4.69) is 27.7 Å². The van der Waals surface area contributed by atoms with E-state index in [1.807, 2.05) is 50.2 Å². The summed E-state index contributed by atoms with van der Waals surface area (Å²) in [7, 11) is 3.85. The van der Waals surface area contributed by atoms with E-state index in [0.29, 0.717) is 37.1 Å². The minimum absolute atomic E-state index is 0.126. The molecular weight excluding hydrogens is 440 g/mol. The Labute approximate surface area is 209 Å². The molecule has 0 aromatic heterocycles. The number of carbonyl (C=O) groups excluding carboxylic acids is 2. The lowest BCUT2D eigenvalue weighted by Gasteiger charge is -2.27. The average molecular weight is 479 g/mol. The van der Waals surface area contributed by atoms with Crippen LogP contribution < -0.4 is 4.74 Å². The molecule has 3 rings (SSSR count). The highest BCUT2D eigenvalue weighted by Gasteiger charge is 2.45. The molecule has 1 aliphatic rings. The first-order valence-electron chi connectivity index (χ1n) is 12.3. The molecule has 188 valence electrons. The van der Waals surface area contributed by atoms with Crippen molar-refractivity contribution in [3.05, 3.63) is 70.3 Å². The monoisotopic (exact) mass is 478 g/mol. The number of ketones is 1. The zero-order valence-electron chi connectivity index (χ0n) is 22.0. The molecule has 1 heterocycles. The van der Waals surface area contributed by atoms with Crippen molar-refractivity contribution >= 4 is 17.4 Å². The van der Waals surface area contributed by atoms with Gasteiger partial charge in [-0.3, -0.25) is 9.59 Å². The van der Waals surface area contributed by atoms with Crippen LogP contribution in [0.15, 0.2) is 48.0 Å². The first-order chi connectivity index (χ1) is 16.5. The molecule has 0 aliphatic carbocycles. The molecule has 1 N–H and O–H groups in total. The number of aryl methyl sites for hydroxylation is 1. The average Bonchev–Trinajstić information content (AvgIpc) is 3.06. The maximum Gasteiger partial charge on any atom is 0.295 e. The predicted octanol–water partition coefficient (Wildman–Crippen LogP) is 5.14. The van der Waals surface area contributed by atoms with Gasteiger partial charge in [0.05, 0.1) is 18.2 Å². The summed E-state index contributed by atoms with van der Waals surface area (Å²) in [6, 6.07) is 12.7. The summed E-state index contributed by atoms with van der Waals surface area (Å²) in [5, 5.41) is 11.3. The second-order valence-corrected chi connectivity index (χ2v) is 10.3. The molecule has 2 aromatic rings. The van der Waals surface area contributed by atoms with Crippen LogP contribution in [0, 0.1) is 12.8 Å². The maximum atomic E-state index is 13.2. The number of hydrogen-bond donors (Lipinski definition) is 1. The number of likely N-dealkylation sites (N-methyl/N-ethyl adjacent to an activating group) is 1. The summed E-state index contributed by atoms with van der Waals surface area (Å²) in [5.41, 5.74) is 3.46. The van der Waals surface area contributed by atoms with Gasteiger partial charge in [-0.2, -0.15) is 0 Å². The highest BCUT2D eigenvalue weighted by molar-refractivity contribution is 6.46. The van der Waals surface area contributed by atoms with Crippen molar-refractivity contribution in [2.45, 2.75) is 46.6 Å². The number of likely N-dealkylation sites (tertiary alicyclic amines) is 1. The Balaban J connectivity index is 2.07. The van der Waals surface area contributed by atoms with Crippen LogP contribution in [0.3, 0.4) is 0 Å². The maximum absolute atomic E-state index is 13.2. The fraction of sp³-hybridized carbons (Fsp3) is 0.448. The van der Waals surface area contributed by atoms with Gasteiger partial charge in [-0.05, 0) is 67.7 Å². The molecule has 0 bridgehead atoms. The third kappa shape index (κ3) is 5.93. The number of aliphatic hydroxyl groups is 1. The van der Waals surface area contributed by atoms with Crippen LogP contribution in [0.25, 0.3) is 5.76 Å². The highest BCUT2D eigenvalue weighted by Crippen LogP contribution is 2.40. The predicted molar refractivity (Wildman–Crippen MR) is 140 cm³/mol. The zero-order valence-corrected chi connectivity index (χ0v) is 22.0. The molecule has 6 heteroatoms. The fourth-order valence-electron chi connectivity index (χ4n) is 4.20. The standard InChI is InChI=1S/C29H38N2O4/c1-18(2)17-35-24-13-12-23(16-20(24)5)27(32)25-26(22-10-8-21(9-11-22)19(3)4)31(15-14-30(6)7)29(34)28(25)33/h8-13,16,18-19,26,32H,14-15,17H2,1-7H3/b27-25-. The van der Waals surface area contributed by atoms with Crippen molar-refractivity contribution in [2.75, 3.05) is 33.8 Å². The van der Waals surface area contributed by atoms with Crippen molar-refractivity contribution < 1.29 is 19.4 Å². The molecule has 1 saturated heterocycles. The number of benzene rings is 2. The summed E-state index contributed by atoms with van der Waals surface area (Å²) >= 11 is 0. The van der Waals surface area contributed by atoms with E-state index in [1.54, 1.807) is 23.1 Å². The Morgan fingerprint density at radius 1 is 1.06 bits per heavy atom. The van der Waals surface area contributed by atoms with E-state index in [-0.39, 0.29) is 11.3 Å². The SMILES string of the molecule is Cc1cc(/C(O)=C2/C(=O)C(=O)N(CCN(C)C)C2c2ccc(C(C)C)cc2)ccc1OCC(C)C. The molecule has 6 nitrogen and oxygen atoms in total. The van der Waals surface area contributed by atoms with Crippen LogP contribution in [0.5, 0.6) is 5.75 Å². The summed E-state index contributed by atoms with van der Waals surface area (Å²) in [5.74, 6) is 0.0952. The van der Waals surface area contributed by atoms with E-state index in [1.165, 1.54) is 5.56 Å². The smallest absolute Gasteiger partial charge is 0.295 e. The molecule has 1 unspecified atom stereocenters. The molecular formula is C29H38N2O4. The molecule has 1 aliphatic heterocycles. The number of ether oxygens (including phenoxy) is 1. The van der Waals surface area contributed by atoms with Crippen LogP contribution in [-0.4, -0.2) is 60.4 Å². The van der Waals surface area contributed by atoms with Crippen LogP contribution in [0.1, 0.15) is 61.9 Å². The van der Waals surface area contributed by atoms with Gasteiger partial charge < -0.3 is 19.6 Å². The van der Waals surface area contributed by atoms with Gasteiger partial charge in [-0.1, -0.05) is 52.0 Å². The van der Waals surface area contributed by atoms with Gasteiger partial charge in [-0.15, -0.1) is 0 Å². The summed E-state index contributed by atoms with van der Waals surface area (Å²) < 4.78 is 5.86. The van der Waals surface area contributed by atoms with Crippen molar-refractivity contribution in [3.63, 3.8) is 0 Å². The summed E-state index contributed by atoms with van der Waals surface area (Å²) in [4.78, 5) is 29.8. The van der Waals surface area contributed by atoms with Crippen LogP contribution in [-0.2, 0) is 9.59 Å². The van der Waals surface area contributed by atoms with Crippen molar-refractivity contribution in [1.82, 2.24) is 9.80 Å². The number of amides is 1. The topological polar surface area (TPSA) is 70.1 Å². The normalized spacial score (nSPS) is 17.8. The Morgan fingerprint density at radius 3 is 2.26 bits per heavy atom. The highest BCUT2D eigenvalue weighted by atomic mass is 16.5. The largest absolute Gasteiger partial charge is 0.507 e. The molecule has 2 aromatic carbocycles. The molecule has 35 heavy (non-hydrogen) atoms. The van der Waals surface area contributed by atoms with Crippen LogP contribution in [0.2, 0.25) is 0 Å². The van der Waals surface area contributed by atoms with E-state index in [9.17, 15) is 14.7 Å². The third-order valence-electron chi connectivity index (χ3n) is 6.27. The Kier molecular flexibility index (Phi) is 8.39. The summed E-state index contributed by atoms with van der Waals surface area (Å²) in [6.07, 6.45) is 0. The molecule has 1 fully saturated rings. The van der Waals surface area contributed by atoms with Crippen LogP contribution >= 0.6 is 0 Å². The number of nitrogens with zero attached hydrogens (tertiary/aromatic N) is 2. The Morgan fingerprint density at radius 2 is 1.71 bits per heavy atom. The van der Waals surface area contributed by atoms with Gasteiger partial charge >= 0.3 is 0 Å². The second-order valence-electron chi connectivity index (χ2n) is 10.3. The van der Waals surface area contributed by atoms with E-state index >= 15 is 0 Å². The van der Waals surface area contributed by atoms with Gasteiger partial charge in [0.2, 0.25) is 0 Å². The van der Waals surface area contributed by atoms with Crippen LogP contribution in [0.4, 0.5) is 0 Å². The lowest BCUT2D eigenvalue weighted by atomic mass is 9.93. The Bertz CT molecular complexity index is 1100. The minimum Gasteiger partial charge on any atom is -0.507 e. The van der Waals surface area contributed by atoms with E-state index < -0.39 is 17.7 Å². The lowest BCUT2D eigenvalue weighted by molar-refractivity contribution is -0.140. The van der Waals surface area contributed by atoms with E-state index in [0.717, 1.165) is 16.9 Å². The van der Waals surface area contributed by atoms with Gasteiger partial charge in [0, 0.05) is 18.7 Å². The number of hydrogen-bond acceptors (Lipinski definition) is 5. The fourth-order valence-corrected chi connectivity index (χ4v) is 4.20.